The molecule has 4 aromatic rings. The van der Waals surface area contributed by atoms with Gasteiger partial charge < -0.3 is 24.2 Å². The van der Waals surface area contributed by atoms with Crippen LogP contribution in [0, 0.1) is 0 Å². The Bertz CT molecular complexity index is 1870. The Morgan fingerprint density at radius 3 is 1.34 bits per heavy atom. The largest absolute Gasteiger partial charge is 2.00 e. The number of para-hydroxylation sites is 4. The Morgan fingerprint density at radius 1 is 0.508 bits per heavy atom. The third-order valence-corrected chi connectivity index (χ3v) is 11.6. The van der Waals surface area contributed by atoms with Gasteiger partial charge in [0, 0.05) is 6.07 Å². The summed E-state index contributed by atoms with van der Waals surface area (Å²) in [6.07, 6.45) is 23.3. The van der Waals surface area contributed by atoms with E-state index in [2.05, 4.69) is 13.8 Å². The van der Waals surface area contributed by atoms with Crippen LogP contribution in [0.2, 0.25) is 0 Å². The van der Waals surface area contributed by atoms with Gasteiger partial charge in [-0.05, 0) is 73.2 Å². The van der Waals surface area contributed by atoms with Gasteiger partial charge in [0.05, 0.1) is 9.79 Å². The zero-order chi connectivity index (χ0) is 42.2. The predicted molar refractivity (Wildman–Crippen MR) is 232 cm³/mol. The van der Waals surface area contributed by atoms with Crippen molar-refractivity contribution < 1.29 is 45.6 Å². The summed E-state index contributed by atoms with van der Waals surface area (Å²) in [6.45, 7) is 4.44. The molecule has 0 spiro atoms. The quantitative estimate of drug-likeness (QED) is 0.0351. The molecule has 0 aromatic heterocycles. The van der Waals surface area contributed by atoms with Crippen LogP contribution in [-0.2, 0) is 33.1 Å². The van der Waals surface area contributed by atoms with E-state index < -0.39 is 20.2 Å². The van der Waals surface area contributed by atoms with E-state index >= 15 is 0 Å². The standard InChI is InChI=1S/2C23H32O5S.Ca/c2*1-2-3-4-5-6-7-8-9-10-13-19-16-17-20(29(25,26)27)18-23(19)28-22-15-12-11-14-21(22)24;/h2*11-12,14-18,24H,2-10,13H2,1H3,(H,25,26,27);/q;;+2/p-2. The number of phenols is 1. The van der Waals surface area contributed by atoms with Crippen molar-refractivity contribution in [2.75, 3.05) is 0 Å². The molecule has 0 aliphatic heterocycles. The van der Waals surface area contributed by atoms with Gasteiger partial charge in [0.15, 0.2) is 11.5 Å². The van der Waals surface area contributed by atoms with Crippen molar-refractivity contribution in [1.29, 1.82) is 0 Å². The number of rotatable bonds is 26. The fourth-order valence-electron chi connectivity index (χ4n) is 6.56. The number of benzene rings is 4. The molecular formula is C46H62CaO10S2. The fourth-order valence-corrected chi connectivity index (χ4v) is 7.54. The van der Waals surface area contributed by atoms with Gasteiger partial charge >= 0.3 is 37.7 Å². The molecule has 4 aromatic carbocycles. The van der Waals surface area contributed by atoms with Crippen LogP contribution in [0.25, 0.3) is 0 Å². The zero-order valence-corrected chi connectivity index (χ0v) is 38.8. The van der Waals surface area contributed by atoms with Crippen molar-refractivity contribution in [3.05, 3.63) is 96.1 Å². The Labute approximate surface area is 383 Å². The molecule has 4 rings (SSSR count). The first-order valence-electron chi connectivity index (χ1n) is 20.9. The van der Waals surface area contributed by atoms with Gasteiger partial charge in [-0.15, -0.1) is 0 Å². The second kappa shape index (κ2) is 28.6. The molecule has 320 valence electrons. The zero-order valence-electron chi connectivity index (χ0n) is 34.9. The van der Waals surface area contributed by atoms with Crippen LogP contribution in [0.15, 0.2) is 94.7 Å². The van der Waals surface area contributed by atoms with Crippen molar-refractivity contribution in [3.8, 4) is 34.5 Å². The number of hydrogen-bond donors (Lipinski definition) is 2. The van der Waals surface area contributed by atoms with E-state index in [1.807, 2.05) is 0 Å². The summed E-state index contributed by atoms with van der Waals surface area (Å²) in [6, 6.07) is 21.2. The van der Waals surface area contributed by atoms with E-state index in [9.17, 15) is 36.2 Å². The molecule has 0 fully saturated rings. The van der Waals surface area contributed by atoms with Gasteiger partial charge in [-0.2, -0.15) is 8.42 Å². The SMILES string of the molecule is CCCCCCCCCCCc1ccc(S(=O)(=O)O)cc1Oc1ccccc1O.CCCCCCCCCCCc1ccc(S(=O)(=O)[O-])cc1Oc1ccccc1[O-].[Ca+2]. The van der Waals surface area contributed by atoms with Gasteiger partial charge in [-0.3, -0.25) is 4.55 Å². The Balaban J connectivity index is 0.000000400. The number of aryl methyl sites for hydroxylation is 2. The first kappa shape index (κ1) is 52.3. The van der Waals surface area contributed by atoms with Gasteiger partial charge in [0.25, 0.3) is 10.1 Å². The average Bonchev–Trinajstić information content (AvgIpc) is 3.18. The monoisotopic (exact) mass is 878 g/mol. The Morgan fingerprint density at radius 2 is 0.898 bits per heavy atom. The summed E-state index contributed by atoms with van der Waals surface area (Å²) >= 11 is 0. The fraction of sp³-hybridized carbons (Fsp3) is 0.478. The van der Waals surface area contributed by atoms with Gasteiger partial charge in [0.1, 0.15) is 27.4 Å². The van der Waals surface area contributed by atoms with Gasteiger partial charge in [0.2, 0.25) is 0 Å². The van der Waals surface area contributed by atoms with E-state index in [0.717, 1.165) is 43.2 Å². The molecule has 0 radical (unpaired) electrons. The number of phenolic OH excluding ortho intramolecular Hbond substituents is 1. The van der Waals surface area contributed by atoms with E-state index in [1.165, 1.54) is 132 Å². The van der Waals surface area contributed by atoms with E-state index in [4.69, 9.17) is 9.47 Å². The molecule has 0 unspecified atom stereocenters. The summed E-state index contributed by atoms with van der Waals surface area (Å²) < 4.78 is 77.9. The number of aromatic hydroxyl groups is 1. The van der Waals surface area contributed by atoms with Crippen molar-refractivity contribution in [1.82, 2.24) is 0 Å². The second-order valence-electron chi connectivity index (χ2n) is 14.7. The Hall–Kier alpha value is -2.84. The summed E-state index contributed by atoms with van der Waals surface area (Å²) in [4.78, 5) is -0.578. The molecule has 10 nitrogen and oxygen atoms in total. The summed E-state index contributed by atoms with van der Waals surface area (Å²) in [5.41, 5.74) is 1.65. The maximum Gasteiger partial charge on any atom is 2.00 e. The molecule has 2 N–H and O–H groups in total. The number of unbranched alkanes of at least 4 members (excludes halogenated alkanes) is 16. The minimum atomic E-state index is -4.59. The number of ether oxygens (including phenoxy) is 2. The normalized spacial score (nSPS) is 11.3. The summed E-state index contributed by atoms with van der Waals surface area (Å²) in [7, 11) is -8.92. The second-order valence-corrected chi connectivity index (χ2v) is 17.5. The minimum absolute atomic E-state index is 0. The van der Waals surface area contributed by atoms with Crippen molar-refractivity contribution in [2.24, 2.45) is 0 Å². The van der Waals surface area contributed by atoms with Crippen LogP contribution in [0.4, 0.5) is 0 Å². The van der Waals surface area contributed by atoms with Crippen LogP contribution in [0.3, 0.4) is 0 Å². The smallest absolute Gasteiger partial charge is 0.870 e. The molecule has 0 amide bonds. The first-order valence-corrected chi connectivity index (χ1v) is 23.8. The molecule has 0 aliphatic carbocycles. The Kier molecular flexibility index (Phi) is 25.4. The van der Waals surface area contributed by atoms with Crippen LogP contribution in [0.5, 0.6) is 34.5 Å². The van der Waals surface area contributed by atoms with Crippen LogP contribution in [-0.4, -0.2) is 68.8 Å². The van der Waals surface area contributed by atoms with Crippen molar-refractivity contribution >= 4 is 58.0 Å². The molecule has 0 saturated heterocycles. The topological polar surface area (TPSA) is 173 Å². The molecule has 59 heavy (non-hydrogen) atoms. The summed E-state index contributed by atoms with van der Waals surface area (Å²) in [5, 5.41) is 21.9. The van der Waals surface area contributed by atoms with Crippen LogP contribution in [0.1, 0.15) is 141 Å². The van der Waals surface area contributed by atoms with Crippen LogP contribution >= 0.6 is 0 Å². The molecule has 0 saturated carbocycles. The van der Waals surface area contributed by atoms with Gasteiger partial charge in [-0.1, -0.05) is 165 Å². The third kappa shape index (κ3) is 20.5. The first-order chi connectivity index (χ1) is 27.8. The van der Waals surface area contributed by atoms with Crippen molar-refractivity contribution in [2.45, 2.75) is 152 Å². The molecular weight excluding hydrogens is 817 g/mol. The molecule has 0 atom stereocenters. The van der Waals surface area contributed by atoms with E-state index in [-0.39, 0.29) is 76.3 Å². The average molecular weight is 879 g/mol. The number of hydrogen-bond acceptors (Lipinski definition) is 9. The molecule has 0 aliphatic rings. The summed E-state index contributed by atoms with van der Waals surface area (Å²) in [5.74, 6) is 0.622. The van der Waals surface area contributed by atoms with E-state index in [1.54, 1.807) is 42.5 Å². The predicted octanol–water partition coefficient (Wildman–Crippen LogP) is 11.7. The maximum atomic E-state index is 11.9. The molecule has 0 heterocycles. The van der Waals surface area contributed by atoms with Gasteiger partial charge in [-0.25, -0.2) is 8.42 Å². The molecule has 0 bridgehead atoms. The molecule has 13 heteroatoms. The maximum absolute atomic E-state index is 11.9. The van der Waals surface area contributed by atoms with E-state index in [0.29, 0.717) is 12.2 Å². The minimum Gasteiger partial charge on any atom is -0.870 e. The third-order valence-electron chi connectivity index (χ3n) is 9.92. The van der Waals surface area contributed by atoms with Crippen LogP contribution < -0.4 is 14.6 Å². The van der Waals surface area contributed by atoms with Crippen molar-refractivity contribution in [3.63, 3.8) is 0 Å².